The van der Waals surface area contributed by atoms with Crippen LogP contribution < -0.4 is 0 Å². The zero-order valence-electron chi connectivity index (χ0n) is 18.3. The predicted octanol–water partition coefficient (Wildman–Crippen LogP) is 4.57. The molecule has 4 saturated carbocycles. The Morgan fingerprint density at radius 2 is 1.80 bits per heavy atom. The summed E-state index contributed by atoms with van der Waals surface area (Å²) in [5.41, 5.74) is 0.0519. The highest BCUT2D eigenvalue weighted by Crippen LogP contribution is 2.67. The van der Waals surface area contributed by atoms with Crippen molar-refractivity contribution in [2.75, 3.05) is 0 Å². The molecule has 5 rings (SSSR count). The molecule has 0 saturated heterocycles. The fourth-order valence-corrected chi connectivity index (χ4v) is 7.87. The van der Waals surface area contributed by atoms with Crippen LogP contribution >= 0.6 is 0 Å². The summed E-state index contributed by atoms with van der Waals surface area (Å²) in [5.74, 6) is 2.42. The highest BCUT2D eigenvalue weighted by molar-refractivity contribution is 5.98. The fraction of sp³-hybridized carbons (Fsp3) is 0.630. The normalized spacial score (nSPS) is 48.9. The highest BCUT2D eigenvalue weighted by Gasteiger charge is 2.65. The standard InChI is InChI=1S/C27H35O3/c1-25-14-11-20(28)17-19(25)8-9-21-22(25)12-15-26(2)23(21)13-16-27(26,30)24(29)10-7-18-5-3-4-6-18/h3-8,10,20-23,28,30H,9,11-17H2,1-2H3/b10-7+/t20-,21+,22-,23-,25-,26-,27-/m0/s1. The molecule has 0 aromatic carbocycles. The number of hydrogen-bond donors (Lipinski definition) is 2. The molecular weight excluding hydrogens is 372 g/mol. The van der Waals surface area contributed by atoms with Crippen LogP contribution in [-0.2, 0) is 4.79 Å². The van der Waals surface area contributed by atoms with Gasteiger partial charge in [0, 0.05) is 11.3 Å². The Labute approximate surface area is 182 Å². The Kier molecular flexibility index (Phi) is 5.10. The zero-order valence-corrected chi connectivity index (χ0v) is 18.3. The van der Waals surface area contributed by atoms with Crippen LogP contribution in [0.2, 0.25) is 0 Å². The van der Waals surface area contributed by atoms with Gasteiger partial charge in [0.15, 0.2) is 5.78 Å². The van der Waals surface area contributed by atoms with Gasteiger partial charge in [-0.2, -0.15) is 0 Å². The van der Waals surface area contributed by atoms with E-state index in [-0.39, 0.29) is 22.7 Å². The van der Waals surface area contributed by atoms with Gasteiger partial charge in [-0.15, -0.1) is 0 Å². The number of aliphatic hydroxyl groups is 2. The van der Waals surface area contributed by atoms with Crippen LogP contribution in [0.15, 0.2) is 23.8 Å². The molecule has 2 N–H and O–H groups in total. The molecule has 0 aliphatic heterocycles. The van der Waals surface area contributed by atoms with E-state index in [0.717, 1.165) is 50.9 Å². The van der Waals surface area contributed by atoms with Gasteiger partial charge < -0.3 is 10.2 Å². The van der Waals surface area contributed by atoms with Gasteiger partial charge in [0.2, 0.25) is 0 Å². The van der Waals surface area contributed by atoms with E-state index in [2.05, 4.69) is 19.9 Å². The smallest absolute Gasteiger partial charge is 0.187 e. The number of allylic oxidation sites excluding steroid dienone is 2. The van der Waals surface area contributed by atoms with E-state index >= 15 is 0 Å². The van der Waals surface area contributed by atoms with E-state index in [1.165, 1.54) is 5.57 Å². The molecule has 0 aromatic heterocycles. The quantitative estimate of drug-likeness (QED) is 0.532. The summed E-state index contributed by atoms with van der Waals surface area (Å²) < 4.78 is 0. The average Bonchev–Trinajstić information content (AvgIpc) is 3.33. The minimum Gasteiger partial charge on any atom is -0.393 e. The van der Waals surface area contributed by atoms with Crippen LogP contribution in [0.1, 0.15) is 65.2 Å². The number of hydrogen-bond acceptors (Lipinski definition) is 3. The Hall–Kier alpha value is -0.930. The summed E-state index contributed by atoms with van der Waals surface area (Å²) in [4.78, 5) is 13.2. The SMILES string of the molecule is C[C@]12CC[C@H](O)CC1=CC[C@@H]1[C@@H]2CC[C@@]2(C)[C@H]1CC[C@]2(O)C(=O)/C=C/[C]1[CH][CH][CH][CH]1. The Bertz CT molecular complexity index is 762. The molecular formula is C27H35O3. The van der Waals surface area contributed by atoms with Crippen molar-refractivity contribution in [3.05, 3.63) is 55.4 Å². The number of carbonyl (C=O) groups is 1. The monoisotopic (exact) mass is 407 g/mol. The molecule has 0 aromatic rings. The van der Waals surface area contributed by atoms with E-state index in [4.69, 9.17) is 0 Å². The third kappa shape index (κ3) is 2.94. The molecule has 5 radical (unpaired) electrons. The van der Waals surface area contributed by atoms with Crippen molar-refractivity contribution < 1.29 is 15.0 Å². The maximum Gasteiger partial charge on any atom is 0.187 e. The van der Waals surface area contributed by atoms with E-state index in [1.807, 2.05) is 31.8 Å². The molecule has 30 heavy (non-hydrogen) atoms. The average molecular weight is 408 g/mol. The summed E-state index contributed by atoms with van der Waals surface area (Å²) in [6.07, 6.45) is 20.9. The summed E-state index contributed by atoms with van der Waals surface area (Å²) in [7, 11) is 0. The molecule has 0 amide bonds. The van der Waals surface area contributed by atoms with Crippen molar-refractivity contribution in [1.82, 2.24) is 0 Å². The van der Waals surface area contributed by atoms with Gasteiger partial charge in [-0.1, -0.05) is 31.6 Å². The molecule has 0 spiro atoms. The third-order valence-electron chi connectivity index (χ3n) is 9.75. The van der Waals surface area contributed by atoms with Crippen molar-refractivity contribution in [2.24, 2.45) is 28.6 Å². The van der Waals surface area contributed by atoms with Crippen LogP contribution in [-0.4, -0.2) is 27.7 Å². The second-order valence-corrected chi connectivity index (χ2v) is 10.9. The highest BCUT2D eigenvalue weighted by atomic mass is 16.3. The number of aliphatic hydroxyl groups excluding tert-OH is 1. The molecule has 0 heterocycles. The van der Waals surface area contributed by atoms with Gasteiger partial charge >= 0.3 is 0 Å². The lowest BCUT2D eigenvalue weighted by Gasteiger charge is -2.58. The summed E-state index contributed by atoms with van der Waals surface area (Å²) in [6, 6.07) is 0. The maximum absolute atomic E-state index is 13.2. The van der Waals surface area contributed by atoms with Gasteiger partial charge in [0.1, 0.15) is 5.60 Å². The largest absolute Gasteiger partial charge is 0.393 e. The van der Waals surface area contributed by atoms with Gasteiger partial charge in [0.25, 0.3) is 0 Å². The molecule has 3 nitrogen and oxygen atoms in total. The van der Waals surface area contributed by atoms with Crippen molar-refractivity contribution in [1.29, 1.82) is 0 Å². The Morgan fingerprint density at radius 1 is 1.07 bits per heavy atom. The van der Waals surface area contributed by atoms with Crippen molar-refractivity contribution in [2.45, 2.75) is 76.9 Å². The van der Waals surface area contributed by atoms with Crippen LogP contribution in [0.3, 0.4) is 0 Å². The lowest BCUT2D eigenvalue weighted by atomic mass is 9.46. The Morgan fingerprint density at radius 3 is 2.57 bits per heavy atom. The summed E-state index contributed by atoms with van der Waals surface area (Å²) in [6.45, 7) is 4.60. The Balaban J connectivity index is 1.39. The maximum atomic E-state index is 13.2. The van der Waals surface area contributed by atoms with E-state index in [0.29, 0.717) is 24.2 Å². The van der Waals surface area contributed by atoms with Gasteiger partial charge in [-0.25, -0.2) is 0 Å². The minimum atomic E-state index is -1.25. The van der Waals surface area contributed by atoms with Crippen LogP contribution in [0, 0.1) is 60.2 Å². The van der Waals surface area contributed by atoms with Crippen LogP contribution in [0.25, 0.3) is 0 Å². The topological polar surface area (TPSA) is 57.5 Å². The lowest BCUT2D eigenvalue weighted by Crippen LogP contribution is -2.57. The minimum absolute atomic E-state index is 0.119. The van der Waals surface area contributed by atoms with E-state index < -0.39 is 5.60 Å². The second kappa shape index (κ2) is 7.30. The first-order valence-corrected chi connectivity index (χ1v) is 11.8. The summed E-state index contributed by atoms with van der Waals surface area (Å²) >= 11 is 0. The van der Waals surface area contributed by atoms with Crippen LogP contribution in [0.4, 0.5) is 0 Å². The number of fused-ring (bicyclic) bond motifs is 5. The third-order valence-corrected chi connectivity index (χ3v) is 9.75. The lowest BCUT2D eigenvalue weighted by molar-refractivity contribution is -0.156. The number of rotatable bonds is 3. The molecule has 5 aliphatic rings. The molecule has 0 unspecified atom stereocenters. The summed E-state index contributed by atoms with van der Waals surface area (Å²) in [5, 5.41) is 21.9. The molecule has 0 bridgehead atoms. The molecule has 7 atom stereocenters. The fourth-order valence-electron chi connectivity index (χ4n) is 7.87. The van der Waals surface area contributed by atoms with E-state index in [1.54, 1.807) is 6.08 Å². The van der Waals surface area contributed by atoms with Crippen molar-refractivity contribution in [3.63, 3.8) is 0 Å². The van der Waals surface area contributed by atoms with Crippen LogP contribution in [0.5, 0.6) is 0 Å². The van der Waals surface area contributed by atoms with Gasteiger partial charge in [0.05, 0.1) is 6.10 Å². The first-order chi connectivity index (χ1) is 14.3. The molecule has 4 fully saturated rings. The second-order valence-electron chi connectivity index (χ2n) is 10.9. The first-order valence-electron chi connectivity index (χ1n) is 11.8. The number of ketones is 1. The first kappa shape index (κ1) is 20.9. The van der Waals surface area contributed by atoms with Gasteiger partial charge in [-0.3, -0.25) is 4.79 Å². The predicted molar refractivity (Wildman–Crippen MR) is 117 cm³/mol. The molecule has 3 heteroatoms. The molecule has 5 aliphatic carbocycles. The van der Waals surface area contributed by atoms with Crippen molar-refractivity contribution >= 4 is 5.78 Å². The number of carbonyl (C=O) groups excluding carboxylic acids is 1. The molecule has 161 valence electrons. The van der Waals surface area contributed by atoms with Gasteiger partial charge in [-0.05, 0) is 106 Å². The van der Waals surface area contributed by atoms with E-state index in [9.17, 15) is 15.0 Å². The van der Waals surface area contributed by atoms with Crippen molar-refractivity contribution in [3.8, 4) is 0 Å². The zero-order chi connectivity index (χ0) is 21.1.